The molecule has 0 saturated carbocycles. The van der Waals surface area contributed by atoms with Crippen LogP contribution in [0.2, 0.25) is 0 Å². The number of nitrogens with zero attached hydrogens (tertiary/aromatic N) is 2. The van der Waals surface area contributed by atoms with E-state index in [-0.39, 0.29) is 23.7 Å². The summed E-state index contributed by atoms with van der Waals surface area (Å²) in [4.78, 5) is 36.6. The van der Waals surface area contributed by atoms with Crippen molar-refractivity contribution in [1.29, 1.82) is 0 Å². The van der Waals surface area contributed by atoms with E-state index < -0.39 is 0 Å². The number of anilines is 2. The molecule has 0 fully saturated rings. The predicted molar refractivity (Wildman–Crippen MR) is 146 cm³/mol. The zero-order valence-electron chi connectivity index (χ0n) is 20.5. The Kier molecular flexibility index (Phi) is 7.08. The molecular formula is C29H25FN6O2. The topological polar surface area (TPSA) is 112 Å². The van der Waals surface area contributed by atoms with E-state index in [1.807, 2.05) is 37.3 Å². The molecule has 190 valence electrons. The van der Waals surface area contributed by atoms with Crippen molar-refractivity contribution in [2.24, 2.45) is 0 Å². The highest BCUT2D eigenvalue weighted by molar-refractivity contribution is 6.34. The van der Waals surface area contributed by atoms with E-state index in [2.05, 4.69) is 30.9 Å². The van der Waals surface area contributed by atoms with E-state index >= 15 is 0 Å². The maximum absolute atomic E-state index is 13.2. The van der Waals surface area contributed by atoms with E-state index in [9.17, 15) is 14.0 Å². The van der Waals surface area contributed by atoms with Crippen molar-refractivity contribution < 1.29 is 14.0 Å². The zero-order chi connectivity index (χ0) is 26.5. The van der Waals surface area contributed by atoms with Gasteiger partial charge in [0.15, 0.2) is 0 Å². The second-order valence-corrected chi connectivity index (χ2v) is 8.75. The zero-order valence-corrected chi connectivity index (χ0v) is 20.5. The molecular weight excluding hydrogens is 483 g/mol. The molecule has 2 aromatic carbocycles. The van der Waals surface area contributed by atoms with E-state index in [0.29, 0.717) is 23.5 Å². The third kappa shape index (κ3) is 5.52. The van der Waals surface area contributed by atoms with Gasteiger partial charge in [-0.3, -0.25) is 9.59 Å². The first-order valence-corrected chi connectivity index (χ1v) is 12.1. The minimum absolute atomic E-state index is 0.160. The van der Waals surface area contributed by atoms with Crippen LogP contribution in [-0.4, -0.2) is 33.3 Å². The Morgan fingerprint density at radius 2 is 2.00 bits per heavy atom. The normalized spacial score (nSPS) is 14.4. The molecule has 5 rings (SSSR count). The van der Waals surface area contributed by atoms with Crippen LogP contribution >= 0.6 is 0 Å². The third-order valence-corrected chi connectivity index (χ3v) is 6.11. The molecule has 0 radical (unpaired) electrons. The number of carbonyl (C=O) groups is 2. The summed E-state index contributed by atoms with van der Waals surface area (Å²) in [5, 5.41) is 9.01. The van der Waals surface area contributed by atoms with Gasteiger partial charge in [-0.1, -0.05) is 36.4 Å². The molecule has 38 heavy (non-hydrogen) atoms. The number of hydrogen-bond donors (Lipinski definition) is 4. The van der Waals surface area contributed by atoms with E-state index in [4.69, 9.17) is 0 Å². The molecule has 0 spiro atoms. The number of carbonyl (C=O) groups excluding carboxylic acids is 2. The first-order chi connectivity index (χ1) is 18.5. The summed E-state index contributed by atoms with van der Waals surface area (Å²) in [6.45, 7) is 2.27. The Morgan fingerprint density at radius 1 is 1.16 bits per heavy atom. The lowest BCUT2D eigenvalue weighted by atomic mass is 10.0. The number of imidazole rings is 1. The molecule has 2 amide bonds. The van der Waals surface area contributed by atoms with Crippen LogP contribution in [0.1, 0.15) is 45.7 Å². The van der Waals surface area contributed by atoms with E-state index in [1.165, 1.54) is 12.1 Å². The molecule has 0 unspecified atom stereocenters. The molecule has 3 heterocycles. The number of aromatic amines is 1. The first-order valence-electron chi connectivity index (χ1n) is 12.1. The minimum Gasteiger partial charge on any atom is -0.366 e. The molecule has 8 nitrogen and oxygen atoms in total. The summed E-state index contributed by atoms with van der Waals surface area (Å²) in [6.07, 6.45) is 10.5. The van der Waals surface area contributed by atoms with Crippen molar-refractivity contribution in [2.75, 3.05) is 17.2 Å². The Labute approximate surface area is 218 Å². The summed E-state index contributed by atoms with van der Waals surface area (Å²) < 4.78 is 13.2. The molecule has 4 aromatic rings. The lowest BCUT2D eigenvalue weighted by Crippen LogP contribution is -2.27. The molecule has 4 N–H and O–H groups in total. The van der Waals surface area contributed by atoms with Gasteiger partial charge in [0, 0.05) is 24.0 Å². The molecule has 0 bridgehead atoms. The predicted octanol–water partition coefficient (Wildman–Crippen LogP) is 5.05. The molecule has 1 atom stereocenters. The standard InChI is InChI=1S/C29H25FN6O2/c1-18(20-7-9-21(30)10-8-20)35-28(37)24-5-3-13-33-27(24)32-12-2-4-19-6-11-23-25(15-22-16-31-17-34-22)29(38)36-26(23)14-19/h2-11,13-18H,12H2,1H3,(H,31,34)(H,32,33)(H,35,37)(H,36,38)/t18-/m0/s1. The summed E-state index contributed by atoms with van der Waals surface area (Å²) in [5.74, 6) is -0.312. The number of fused-ring (bicyclic) bond motifs is 1. The van der Waals surface area contributed by atoms with Gasteiger partial charge in [0.1, 0.15) is 11.6 Å². The number of H-pyrrole nitrogens is 1. The quantitative estimate of drug-likeness (QED) is 0.249. The number of rotatable bonds is 8. The monoisotopic (exact) mass is 508 g/mol. The van der Waals surface area contributed by atoms with Crippen molar-refractivity contribution in [3.63, 3.8) is 0 Å². The number of hydrogen-bond acceptors (Lipinski definition) is 5. The Bertz CT molecular complexity index is 1530. The van der Waals surface area contributed by atoms with Gasteiger partial charge in [-0.2, -0.15) is 0 Å². The summed E-state index contributed by atoms with van der Waals surface area (Å²) in [6, 6.07) is 14.9. The van der Waals surface area contributed by atoms with Crippen LogP contribution in [0, 0.1) is 5.82 Å². The van der Waals surface area contributed by atoms with Gasteiger partial charge >= 0.3 is 0 Å². The van der Waals surface area contributed by atoms with Crippen LogP contribution in [0.5, 0.6) is 0 Å². The smallest absolute Gasteiger partial charge is 0.256 e. The Balaban J connectivity index is 1.22. The van der Waals surface area contributed by atoms with E-state index in [0.717, 1.165) is 28.1 Å². The minimum atomic E-state index is -0.324. The Morgan fingerprint density at radius 3 is 2.79 bits per heavy atom. The highest BCUT2D eigenvalue weighted by atomic mass is 19.1. The summed E-state index contributed by atoms with van der Waals surface area (Å²) >= 11 is 0. The van der Waals surface area contributed by atoms with Crippen molar-refractivity contribution in [1.82, 2.24) is 20.3 Å². The third-order valence-electron chi connectivity index (χ3n) is 6.11. The molecule has 2 aromatic heterocycles. The molecule has 9 heteroatoms. The summed E-state index contributed by atoms with van der Waals surface area (Å²) in [7, 11) is 0. The van der Waals surface area contributed by atoms with Gasteiger partial charge in [0.05, 0.1) is 35.4 Å². The second kappa shape index (κ2) is 10.9. The van der Waals surface area contributed by atoms with Crippen molar-refractivity contribution in [2.45, 2.75) is 13.0 Å². The fourth-order valence-electron chi connectivity index (χ4n) is 4.15. The molecule has 1 aliphatic heterocycles. The Hall–Kier alpha value is -5.05. The maximum Gasteiger partial charge on any atom is 0.256 e. The van der Waals surface area contributed by atoms with Gasteiger partial charge in [-0.25, -0.2) is 14.4 Å². The SMILES string of the molecule is C[C@H](NC(=O)c1cccnc1NCC=Cc1ccc2c(c1)NC(=O)C2=Cc1cnc[nH]1)c1ccc(F)cc1. The fraction of sp³-hybridized carbons (Fsp3) is 0.103. The fourth-order valence-corrected chi connectivity index (χ4v) is 4.15. The average Bonchev–Trinajstić information content (AvgIpc) is 3.54. The highest BCUT2D eigenvalue weighted by Crippen LogP contribution is 2.33. The molecule has 0 saturated heterocycles. The first kappa shape index (κ1) is 24.6. The van der Waals surface area contributed by atoms with Gasteiger partial charge in [0.2, 0.25) is 0 Å². The van der Waals surface area contributed by atoms with Crippen LogP contribution in [0.4, 0.5) is 15.9 Å². The van der Waals surface area contributed by atoms with Gasteiger partial charge < -0.3 is 20.9 Å². The van der Waals surface area contributed by atoms with Crippen LogP contribution in [0.25, 0.3) is 17.7 Å². The van der Waals surface area contributed by atoms with Gasteiger partial charge in [0.25, 0.3) is 11.8 Å². The second-order valence-electron chi connectivity index (χ2n) is 8.75. The lowest BCUT2D eigenvalue weighted by Gasteiger charge is -2.16. The van der Waals surface area contributed by atoms with Crippen LogP contribution in [0.15, 0.2) is 79.4 Å². The van der Waals surface area contributed by atoms with E-state index in [1.54, 1.807) is 49.1 Å². The van der Waals surface area contributed by atoms with Crippen molar-refractivity contribution in [3.8, 4) is 0 Å². The summed E-state index contributed by atoms with van der Waals surface area (Å²) in [5.41, 5.74) is 5.04. The maximum atomic E-state index is 13.2. The average molecular weight is 509 g/mol. The number of pyridine rings is 1. The number of nitrogens with one attached hydrogen (secondary N) is 4. The number of aromatic nitrogens is 3. The largest absolute Gasteiger partial charge is 0.366 e. The van der Waals surface area contributed by atoms with Gasteiger partial charge in [-0.15, -0.1) is 0 Å². The lowest BCUT2D eigenvalue weighted by molar-refractivity contribution is -0.110. The van der Waals surface area contributed by atoms with Crippen LogP contribution < -0.4 is 16.0 Å². The van der Waals surface area contributed by atoms with Crippen LogP contribution in [-0.2, 0) is 4.79 Å². The van der Waals surface area contributed by atoms with Gasteiger partial charge in [-0.05, 0) is 54.5 Å². The van der Waals surface area contributed by atoms with Crippen molar-refractivity contribution in [3.05, 3.63) is 113 Å². The molecule has 0 aliphatic carbocycles. The highest BCUT2D eigenvalue weighted by Gasteiger charge is 2.24. The molecule has 1 aliphatic rings. The number of benzene rings is 2. The van der Waals surface area contributed by atoms with Crippen LogP contribution in [0.3, 0.4) is 0 Å². The number of halogens is 1. The number of amides is 2. The van der Waals surface area contributed by atoms with Crippen molar-refractivity contribution >= 4 is 41.0 Å².